The Labute approximate surface area is 129 Å². The molecule has 1 aliphatic heterocycles. The molecule has 0 radical (unpaired) electrons. The van der Waals surface area contributed by atoms with Gasteiger partial charge >= 0.3 is 5.97 Å². The van der Waals surface area contributed by atoms with Gasteiger partial charge < -0.3 is 19.9 Å². The van der Waals surface area contributed by atoms with E-state index in [0.29, 0.717) is 12.0 Å². The van der Waals surface area contributed by atoms with Crippen LogP contribution in [0.1, 0.15) is 32.6 Å². The first-order chi connectivity index (χ1) is 10.1. The summed E-state index contributed by atoms with van der Waals surface area (Å²) in [7, 11) is 5.54. The SMILES string of the molecule is CCN1CCC(N(C)CC(NC)(C(=O)OC)C2CC2)CC1. The number of hydrogen-bond acceptors (Lipinski definition) is 5. The molecule has 0 aromatic carbocycles. The Bertz CT molecular complexity index is 351. The lowest BCUT2D eigenvalue weighted by atomic mass is 9.91. The quantitative estimate of drug-likeness (QED) is 0.709. The van der Waals surface area contributed by atoms with Gasteiger partial charge in [0.1, 0.15) is 5.54 Å². The average Bonchev–Trinajstić information content (AvgIpc) is 3.37. The molecule has 1 saturated heterocycles. The second kappa shape index (κ2) is 7.07. The monoisotopic (exact) mass is 297 g/mol. The maximum atomic E-state index is 12.3. The average molecular weight is 297 g/mol. The summed E-state index contributed by atoms with van der Waals surface area (Å²) in [6.07, 6.45) is 4.63. The minimum Gasteiger partial charge on any atom is -0.468 e. The summed E-state index contributed by atoms with van der Waals surface area (Å²) < 4.78 is 5.09. The lowest BCUT2D eigenvalue weighted by Gasteiger charge is -2.41. The zero-order valence-corrected chi connectivity index (χ0v) is 14.0. The normalized spacial score (nSPS) is 24.0. The number of likely N-dealkylation sites (N-methyl/N-ethyl adjacent to an activating group) is 2. The summed E-state index contributed by atoms with van der Waals surface area (Å²) in [5, 5.41) is 3.29. The van der Waals surface area contributed by atoms with Crippen molar-refractivity contribution in [2.45, 2.75) is 44.2 Å². The highest BCUT2D eigenvalue weighted by Gasteiger charge is 2.51. The van der Waals surface area contributed by atoms with E-state index in [4.69, 9.17) is 4.74 Å². The van der Waals surface area contributed by atoms with Gasteiger partial charge in [0.2, 0.25) is 0 Å². The van der Waals surface area contributed by atoms with Gasteiger partial charge in [-0.15, -0.1) is 0 Å². The molecule has 1 atom stereocenters. The topological polar surface area (TPSA) is 44.8 Å². The number of ether oxygens (including phenoxy) is 1. The number of piperidine rings is 1. The van der Waals surface area contributed by atoms with E-state index >= 15 is 0 Å². The third-order valence-electron chi connectivity index (χ3n) is 5.40. The summed E-state index contributed by atoms with van der Waals surface area (Å²) in [4.78, 5) is 17.2. The van der Waals surface area contributed by atoms with Gasteiger partial charge in [0, 0.05) is 12.6 Å². The number of carbonyl (C=O) groups excluding carboxylic acids is 1. The molecule has 21 heavy (non-hydrogen) atoms. The molecule has 0 amide bonds. The number of nitrogens with one attached hydrogen (secondary N) is 1. The lowest BCUT2D eigenvalue weighted by Crippen LogP contribution is -2.61. The van der Waals surface area contributed by atoms with Crippen LogP contribution < -0.4 is 5.32 Å². The van der Waals surface area contributed by atoms with Gasteiger partial charge in [-0.2, -0.15) is 0 Å². The van der Waals surface area contributed by atoms with E-state index in [2.05, 4.69) is 29.1 Å². The second-order valence-corrected chi connectivity index (χ2v) is 6.57. The summed E-state index contributed by atoms with van der Waals surface area (Å²) in [5.74, 6) is 0.318. The van der Waals surface area contributed by atoms with Crippen molar-refractivity contribution >= 4 is 5.97 Å². The molecule has 0 aromatic heterocycles. The summed E-state index contributed by atoms with van der Waals surface area (Å²) in [5.41, 5.74) is -0.522. The zero-order valence-electron chi connectivity index (χ0n) is 14.0. The fourth-order valence-corrected chi connectivity index (χ4v) is 3.70. The van der Waals surface area contributed by atoms with Crippen molar-refractivity contribution in [3.8, 4) is 0 Å². The number of likely N-dealkylation sites (tertiary alicyclic amines) is 1. The Morgan fingerprint density at radius 3 is 2.38 bits per heavy atom. The minimum atomic E-state index is -0.522. The summed E-state index contributed by atoms with van der Waals surface area (Å²) in [6.45, 7) is 6.44. The van der Waals surface area contributed by atoms with Crippen LogP contribution in [-0.4, -0.2) is 74.7 Å². The standard InChI is InChI=1S/C16H31N3O2/c1-5-19-10-8-14(9-11-19)18(3)12-16(17-2,13-6-7-13)15(20)21-4/h13-14,17H,5-12H2,1-4H3. The van der Waals surface area contributed by atoms with Crippen LogP contribution in [0.2, 0.25) is 0 Å². The first-order valence-electron chi connectivity index (χ1n) is 8.27. The fourth-order valence-electron chi connectivity index (χ4n) is 3.70. The Balaban J connectivity index is 1.98. The van der Waals surface area contributed by atoms with Gasteiger partial charge in [-0.1, -0.05) is 6.92 Å². The number of carbonyl (C=O) groups is 1. The molecule has 2 rings (SSSR count). The first kappa shape index (κ1) is 16.7. The summed E-state index contributed by atoms with van der Waals surface area (Å²) >= 11 is 0. The molecule has 2 aliphatic rings. The molecule has 5 heteroatoms. The van der Waals surface area contributed by atoms with Crippen LogP contribution in [0, 0.1) is 5.92 Å². The van der Waals surface area contributed by atoms with Crippen LogP contribution in [0.5, 0.6) is 0 Å². The fraction of sp³-hybridized carbons (Fsp3) is 0.938. The summed E-state index contributed by atoms with van der Waals surface area (Å²) in [6, 6.07) is 0.573. The highest BCUT2D eigenvalue weighted by molar-refractivity contribution is 5.82. The first-order valence-corrected chi connectivity index (χ1v) is 8.27. The number of rotatable bonds is 7. The lowest BCUT2D eigenvalue weighted by molar-refractivity contribution is -0.150. The van der Waals surface area contributed by atoms with Crippen molar-refractivity contribution < 1.29 is 9.53 Å². The van der Waals surface area contributed by atoms with Crippen molar-refractivity contribution in [2.24, 2.45) is 5.92 Å². The van der Waals surface area contributed by atoms with E-state index in [1.807, 2.05) is 7.05 Å². The molecular weight excluding hydrogens is 266 g/mol. The van der Waals surface area contributed by atoms with Crippen LogP contribution in [0.15, 0.2) is 0 Å². The molecule has 0 spiro atoms. The van der Waals surface area contributed by atoms with Gasteiger partial charge in [-0.25, -0.2) is 4.79 Å². The third-order valence-corrected chi connectivity index (χ3v) is 5.40. The van der Waals surface area contributed by atoms with Crippen molar-refractivity contribution in [2.75, 3.05) is 47.4 Å². The highest BCUT2D eigenvalue weighted by Crippen LogP contribution is 2.41. The van der Waals surface area contributed by atoms with Crippen LogP contribution >= 0.6 is 0 Å². The molecule has 0 aromatic rings. The molecule has 1 saturated carbocycles. The number of esters is 1. The number of nitrogens with zero attached hydrogens (tertiary/aromatic N) is 2. The zero-order chi connectivity index (χ0) is 15.5. The van der Waals surface area contributed by atoms with E-state index in [1.54, 1.807) is 0 Å². The van der Waals surface area contributed by atoms with Gasteiger partial charge in [0.05, 0.1) is 7.11 Å². The van der Waals surface area contributed by atoms with Gasteiger partial charge in [0.15, 0.2) is 0 Å². The number of methoxy groups -OCH3 is 1. The van der Waals surface area contributed by atoms with E-state index < -0.39 is 5.54 Å². The Morgan fingerprint density at radius 1 is 1.33 bits per heavy atom. The minimum absolute atomic E-state index is 0.106. The largest absolute Gasteiger partial charge is 0.468 e. The second-order valence-electron chi connectivity index (χ2n) is 6.57. The van der Waals surface area contributed by atoms with E-state index in [0.717, 1.165) is 25.9 Å². The molecule has 1 aliphatic carbocycles. The molecule has 122 valence electrons. The molecule has 2 fully saturated rings. The van der Waals surface area contributed by atoms with Crippen molar-refractivity contribution in [1.82, 2.24) is 15.1 Å². The Hall–Kier alpha value is -0.650. The van der Waals surface area contributed by atoms with E-state index in [-0.39, 0.29) is 5.97 Å². The molecule has 1 N–H and O–H groups in total. The van der Waals surface area contributed by atoms with Gasteiger partial charge in [-0.3, -0.25) is 0 Å². The van der Waals surface area contributed by atoms with E-state index in [1.165, 1.54) is 33.0 Å². The maximum Gasteiger partial charge on any atom is 0.327 e. The van der Waals surface area contributed by atoms with Gasteiger partial charge in [0.25, 0.3) is 0 Å². The van der Waals surface area contributed by atoms with Crippen LogP contribution in [0.25, 0.3) is 0 Å². The van der Waals surface area contributed by atoms with E-state index in [9.17, 15) is 4.79 Å². The van der Waals surface area contributed by atoms with Crippen molar-refractivity contribution in [1.29, 1.82) is 0 Å². The molecule has 5 nitrogen and oxygen atoms in total. The van der Waals surface area contributed by atoms with Crippen LogP contribution in [0.4, 0.5) is 0 Å². The Morgan fingerprint density at radius 2 is 1.95 bits per heavy atom. The smallest absolute Gasteiger partial charge is 0.327 e. The highest BCUT2D eigenvalue weighted by atomic mass is 16.5. The van der Waals surface area contributed by atoms with Gasteiger partial charge in [-0.05, 0) is 65.3 Å². The molecule has 0 bridgehead atoms. The Kier molecular flexibility index (Phi) is 5.63. The maximum absolute atomic E-state index is 12.3. The van der Waals surface area contributed by atoms with Crippen molar-refractivity contribution in [3.05, 3.63) is 0 Å². The van der Waals surface area contributed by atoms with Crippen LogP contribution in [0.3, 0.4) is 0 Å². The molecular formula is C16H31N3O2. The van der Waals surface area contributed by atoms with Crippen LogP contribution in [-0.2, 0) is 9.53 Å². The van der Waals surface area contributed by atoms with Crippen molar-refractivity contribution in [3.63, 3.8) is 0 Å². The predicted molar refractivity (Wildman–Crippen MR) is 84.3 cm³/mol. The molecule has 1 unspecified atom stereocenters. The predicted octanol–water partition coefficient (Wildman–Crippen LogP) is 0.944. The third kappa shape index (κ3) is 3.58. The molecule has 1 heterocycles. The number of hydrogen-bond donors (Lipinski definition) is 1.